The van der Waals surface area contributed by atoms with Gasteiger partial charge in [-0.25, -0.2) is 0 Å². The maximum Gasteiger partial charge on any atom is 0.322 e. The lowest BCUT2D eigenvalue weighted by Crippen LogP contribution is -2.38. The van der Waals surface area contributed by atoms with Crippen molar-refractivity contribution < 1.29 is 9.53 Å². The molecule has 37 heavy (non-hydrogen) atoms. The molecule has 0 aromatic carbocycles. The predicted molar refractivity (Wildman–Crippen MR) is 169 cm³/mol. The van der Waals surface area contributed by atoms with Gasteiger partial charge in [0.25, 0.3) is 0 Å². The fourth-order valence-corrected chi connectivity index (χ4v) is 6.63. The molecule has 2 nitrogen and oxygen atoms in total. The highest BCUT2D eigenvalue weighted by Crippen LogP contribution is 2.39. The molecule has 0 heterocycles. The van der Waals surface area contributed by atoms with E-state index in [1.165, 1.54) is 109 Å². The van der Waals surface area contributed by atoms with Crippen molar-refractivity contribution >= 4 is 17.7 Å². The molecule has 0 spiro atoms. The topological polar surface area (TPSA) is 26.3 Å². The molecule has 0 saturated carbocycles. The summed E-state index contributed by atoms with van der Waals surface area (Å²) in [6.07, 6.45) is 27.3. The first-order valence-electron chi connectivity index (χ1n) is 16.7. The summed E-state index contributed by atoms with van der Waals surface area (Å²) in [5.41, 5.74) is 0. The summed E-state index contributed by atoms with van der Waals surface area (Å²) >= 11 is 1.97. The van der Waals surface area contributed by atoms with Gasteiger partial charge in [0.05, 0.1) is 6.61 Å². The van der Waals surface area contributed by atoms with Crippen molar-refractivity contribution in [1.29, 1.82) is 0 Å². The van der Waals surface area contributed by atoms with Crippen LogP contribution in [0.3, 0.4) is 0 Å². The van der Waals surface area contributed by atoms with Gasteiger partial charge in [-0.3, -0.25) is 4.79 Å². The van der Waals surface area contributed by atoms with Crippen molar-refractivity contribution in [3.63, 3.8) is 0 Å². The monoisotopic (exact) mass is 540 g/mol. The minimum absolute atomic E-state index is 0.116. The highest BCUT2D eigenvalue weighted by molar-refractivity contribution is 8.01. The number of thioether (sulfide) groups is 1. The minimum atomic E-state index is -0.318. The molecule has 0 aliphatic carbocycles. The van der Waals surface area contributed by atoms with Gasteiger partial charge >= 0.3 is 5.97 Å². The van der Waals surface area contributed by atoms with Crippen LogP contribution in [-0.2, 0) is 9.53 Å². The van der Waals surface area contributed by atoms with Crippen LogP contribution in [0.2, 0.25) is 0 Å². The second-order valence-electron chi connectivity index (χ2n) is 12.5. The first-order valence-corrected chi connectivity index (χ1v) is 17.7. The molecular formula is C34H68O2S. The van der Waals surface area contributed by atoms with Crippen molar-refractivity contribution in [1.82, 2.24) is 0 Å². The molecule has 0 N–H and O–H groups in total. The zero-order valence-electron chi connectivity index (χ0n) is 26.4. The number of carbonyl (C=O) groups excluding carboxylic acids is 1. The number of hydrogen-bond acceptors (Lipinski definition) is 3. The third-order valence-electron chi connectivity index (χ3n) is 7.70. The highest BCUT2D eigenvalue weighted by Gasteiger charge is 2.39. The summed E-state index contributed by atoms with van der Waals surface area (Å²) in [5, 5.41) is 0. The second kappa shape index (κ2) is 26.1. The second-order valence-corrected chi connectivity index (χ2v) is 14.0. The molecule has 0 aliphatic rings. The molecular weight excluding hydrogens is 472 g/mol. The van der Waals surface area contributed by atoms with Gasteiger partial charge < -0.3 is 4.74 Å². The first kappa shape index (κ1) is 36.8. The third kappa shape index (κ3) is 22.3. The maximum atomic E-state index is 13.7. The average Bonchev–Trinajstić information content (AvgIpc) is 2.86. The number of esters is 1. The molecule has 0 aromatic heterocycles. The Morgan fingerprint density at radius 1 is 0.595 bits per heavy atom. The first-order chi connectivity index (χ1) is 17.9. The predicted octanol–water partition coefficient (Wildman–Crippen LogP) is 11.9. The Balaban J connectivity index is 5.04. The van der Waals surface area contributed by atoms with Crippen molar-refractivity contribution in [2.24, 2.45) is 11.8 Å². The van der Waals surface area contributed by atoms with Crippen LogP contribution in [0.25, 0.3) is 0 Å². The Kier molecular flexibility index (Phi) is 25.9. The molecule has 0 atom stereocenters. The zero-order chi connectivity index (χ0) is 27.6. The number of rotatable bonds is 28. The lowest BCUT2D eigenvalue weighted by atomic mass is 9.92. The Hall–Kier alpha value is -0.180. The molecule has 3 heteroatoms. The summed E-state index contributed by atoms with van der Waals surface area (Å²) < 4.78 is 5.74. The van der Waals surface area contributed by atoms with Gasteiger partial charge in [-0.1, -0.05) is 157 Å². The molecule has 0 amide bonds. The summed E-state index contributed by atoms with van der Waals surface area (Å²) in [5.74, 6) is 2.77. The average molecular weight is 541 g/mol. The Morgan fingerprint density at radius 2 is 1.03 bits per heavy atom. The number of hydrogen-bond donors (Lipinski definition) is 0. The Bertz CT molecular complexity index is 470. The molecule has 0 unspecified atom stereocenters. The smallest absolute Gasteiger partial charge is 0.322 e. The fraction of sp³-hybridized carbons (Fsp3) is 0.971. The van der Waals surface area contributed by atoms with E-state index in [9.17, 15) is 4.79 Å². The van der Waals surface area contributed by atoms with E-state index in [1.807, 2.05) is 11.8 Å². The van der Waals surface area contributed by atoms with Crippen molar-refractivity contribution in [3.8, 4) is 0 Å². The van der Waals surface area contributed by atoms with Crippen LogP contribution in [0, 0.1) is 11.8 Å². The normalized spacial score (nSPS) is 12.1. The van der Waals surface area contributed by atoms with Gasteiger partial charge in [0.1, 0.15) is 4.75 Å². The quantitative estimate of drug-likeness (QED) is 0.0729. The summed E-state index contributed by atoms with van der Waals surface area (Å²) in [4.78, 5) is 13.7. The summed E-state index contributed by atoms with van der Waals surface area (Å²) in [7, 11) is 0. The van der Waals surface area contributed by atoms with Crippen LogP contribution in [0.5, 0.6) is 0 Å². The maximum absolute atomic E-state index is 13.7. The van der Waals surface area contributed by atoms with Crippen LogP contribution in [-0.4, -0.2) is 23.1 Å². The summed E-state index contributed by atoms with van der Waals surface area (Å²) in [6, 6.07) is 0. The van der Waals surface area contributed by atoms with Gasteiger partial charge in [-0.15, -0.1) is 11.8 Å². The summed E-state index contributed by atoms with van der Waals surface area (Å²) in [6.45, 7) is 14.4. The van der Waals surface area contributed by atoms with Gasteiger partial charge in [-0.2, -0.15) is 0 Å². The molecule has 0 fully saturated rings. The Morgan fingerprint density at radius 3 is 1.51 bits per heavy atom. The van der Waals surface area contributed by atoms with Crippen LogP contribution < -0.4 is 0 Å². The van der Waals surface area contributed by atoms with Crippen molar-refractivity contribution in [3.05, 3.63) is 0 Å². The molecule has 0 aromatic rings. The van der Waals surface area contributed by atoms with E-state index in [1.54, 1.807) is 0 Å². The van der Waals surface area contributed by atoms with E-state index in [0.717, 1.165) is 49.7 Å². The van der Waals surface area contributed by atoms with Crippen molar-refractivity contribution in [2.75, 3.05) is 12.4 Å². The van der Waals surface area contributed by atoms with Crippen LogP contribution in [0.1, 0.15) is 183 Å². The fourth-order valence-electron chi connectivity index (χ4n) is 5.14. The lowest BCUT2D eigenvalue weighted by molar-refractivity contribution is -0.147. The van der Waals surface area contributed by atoms with E-state index in [0.29, 0.717) is 6.61 Å². The van der Waals surface area contributed by atoms with Gasteiger partial charge in [-0.05, 0) is 43.3 Å². The molecule has 0 bridgehead atoms. The largest absolute Gasteiger partial charge is 0.465 e. The standard InChI is InChI=1S/C34H68O2S/c1-7-9-11-13-15-23-29-36-33(35)34(27-21-17-19-25-31(3)4,28-22-18-20-26-32(5)6)37-30-24-16-14-12-10-8-2/h31-32H,7-30H2,1-6H3. The molecule has 0 saturated heterocycles. The van der Waals surface area contributed by atoms with E-state index >= 15 is 0 Å². The van der Waals surface area contributed by atoms with Gasteiger partial charge in [0.15, 0.2) is 0 Å². The number of ether oxygens (including phenoxy) is 1. The molecule has 0 rings (SSSR count). The minimum Gasteiger partial charge on any atom is -0.465 e. The van der Waals surface area contributed by atoms with Gasteiger partial charge in [0.2, 0.25) is 0 Å². The number of carbonyl (C=O) groups is 1. The Labute approximate surface area is 238 Å². The highest BCUT2D eigenvalue weighted by atomic mass is 32.2. The van der Waals surface area contributed by atoms with Crippen LogP contribution >= 0.6 is 11.8 Å². The van der Waals surface area contributed by atoms with Crippen LogP contribution in [0.15, 0.2) is 0 Å². The van der Waals surface area contributed by atoms with E-state index in [-0.39, 0.29) is 10.7 Å². The zero-order valence-corrected chi connectivity index (χ0v) is 27.2. The molecule has 222 valence electrons. The molecule has 0 radical (unpaired) electrons. The number of unbranched alkanes of at least 4 members (excludes halogenated alkanes) is 14. The van der Waals surface area contributed by atoms with E-state index < -0.39 is 0 Å². The lowest BCUT2D eigenvalue weighted by Gasteiger charge is -2.32. The van der Waals surface area contributed by atoms with Gasteiger partial charge in [0, 0.05) is 0 Å². The van der Waals surface area contributed by atoms with Crippen LogP contribution in [0.4, 0.5) is 0 Å². The van der Waals surface area contributed by atoms with E-state index in [4.69, 9.17) is 4.74 Å². The van der Waals surface area contributed by atoms with Crippen molar-refractivity contribution in [2.45, 2.75) is 188 Å². The van der Waals surface area contributed by atoms with E-state index in [2.05, 4.69) is 41.5 Å². The third-order valence-corrected chi connectivity index (χ3v) is 9.32. The SMILES string of the molecule is CCCCCCCCOC(=O)C(CCCCCC(C)C)(CCCCCC(C)C)SCCCCCCCC. The molecule has 0 aliphatic heterocycles.